The summed E-state index contributed by atoms with van der Waals surface area (Å²) in [5.41, 5.74) is 0.131. The Hall–Kier alpha value is -3.08. The van der Waals surface area contributed by atoms with Crippen LogP contribution in [-0.2, 0) is 4.79 Å². The van der Waals surface area contributed by atoms with E-state index >= 15 is 0 Å². The van der Waals surface area contributed by atoms with Crippen molar-refractivity contribution in [1.82, 2.24) is 0 Å². The summed E-state index contributed by atoms with van der Waals surface area (Å²) < 4.78 is 24.5. The molecule has 3 aromatic rings. The number of methoxy groups -OCH3 is 1. The smallest absolute Gasteiger partial charge is 0.265 e. The fraction of sp³-hybridized carbons (Fsp3) is 0.150. The zero-order valence-corrected chi connectivity index (χ0v) is 14.0. The van der Waals surface area contributed by atoms with Crippen LogP contribution in [0.5, 0.6) is 11.5 Å². The highest BCUT2D eigenvalue weighted by molar-refractivity contribution is 5.94. The fourth-order valence-electron chi connectivity index (χ4n) is 2.46. The van der Waals surface area contributed by atoms with E-state index in [9.17, 15) is 9.18 Å². The fourth-order valence-corrected chi connectivity index (χ4v) is 2.46. The van der Waals surface area contributed by atoms with E-state index in [4.69, 9.17) is 9.47 Å². The third-order valence-corrected chi connectivity index (χ3v) is 3.83. The molecule has 3 aromatic carbocycles. The van der Waals surface area contributed by atoms with Gasteiger partial charge in [0.1, 0.15) is 17.3 Å². The van der Waals surface area contributed by atoms with Gasteiger partial charge in [-0.25, -0.2) is 4.39 Å². The maximum Gasteiger partial charge on any atom is 0.265 e. The standard InChI is InChI=1S/C20H18FNO3/c1-13(20(23)22-19-6-4-3-5-18(19)21)25-17-10-8-14-7-9-16(24-2)11-15(14)12-17/h3-13H,1-2H3,(H,22,23)/t13-/m0/s1. The van der Waals surface area contributed by atoms with Gasteiger partial charge in [-0.1, -0.05) is 24.3 Å². The number of para-hydroxylation sites is 1. The number of nitrogens with one attached hydrogen (secondary N) is 1. The molecular formula is C20H18FNO3. The third-order valence-electron chi connectivity index (χ3n) is 3.83. The van der Waals surface area contributed by atoms with Gasteiger partial charge in [0, 0.05) is 0 Å². The second-order valence-corrected chi connectivity index (χ2v) is 5.60. The highest BCUT2D eigenvalue weighted by atomic mass is 19.1. The average molecular weight is 339 g/mol. The molecule has 0 spiro atoms. The second-order valence-electron chi connectivity index (χ2n) is 5.60. The monoisotopic (exact) mass is 339 g/mol. The Bertz CT molecular complexity index is 910. The summed E-state index contributed by atoms with van der Waals surface area (Å²) in [5.74, 6) is 0.392. The van der Waals surface area contributed by atoms with Crippen molar-refractivity contribution in [2.45, 2.75) is 13.0 Å². The zero-order valence-electron chi connectivity index (χ0n) is 14.0. The lowest BCUT2D eigenvalue weighted by Gasteiger charge is -2.15. The molecule has 1 atom stereocenters. The van der Waals surface area contributed by atoms with Crippen LogP contribution in [0.3, 0.4) is 0 Å². The Kier molecular flexibility index (Phi) is 4.84. The van der Waals surface area contributed by atoms with E-state index < -0.39 is 17.8 Å². The number of rotatable bonds is 5. The number of anilines is 1. The van der Waals surface area contributed by atoms with E-state index in [0.717, 1.165) is 16.5 Å². The first-order valence-electron chi connectivity index (χ1n) is 7.86. The van der Waals surface area contributed by atoms with Gasteiger partial charge < -0.3 is 14.8 Å². The van der Waals surface area contributed by atoms with Crippen LogP contribution >= 0.6 is 0 Å². The topological polar surface area (TPSA) is 47.6 Å². The molecule has 0 unspecified atom stereocenters. The first-order chi connectivity index (χ1) is 12.1. The summed E-state index contributed by atoms with van der Waals surface area (Å²) in [6.07, 6.45) is -0.775. The molecule has 0 aromatic heterocycles. The zero-order chi connectivity index (χ0) is 17.8. The molecule has 1 amide bonds. The number of hydrogen-bond donors (Lipinski definition) is 1. The van der Waals surface area contributed by atoms with E-state index in [-0.39, 0.29) is 5.69 Å². The number of ether oxygens (including phenoxy) is 2. The molecule has 25 heavy (non-hydrogen) atoms. The van der Waals surface area contributed by atoms with E-state index in [0.29, 0.717) is 5.75 Å². The first-order valence-corrected chi connectivity index (χ1v) is 7.86. The summed E-state index contributed by atoms with van der Waals surface area (Å²) >= 11 is 0. The molecule has 128 valence electrons. The first kappa shape index (κ1) is 16.8. The van der Waals surface area contributed by atoms with Crippen molar-refractivity contribution < 1.29 is 18.7 Å². The average Bonchev–Trinajstić information content (AvgIpc) is 2.62. The number of benzene rings is 3. The molecule has 0 aliphatic carbocycles. The SMILES string of the molecule is COc1ccc2ccc(O[C@@H](C)C(=O)Nc3ccccc3F)cc2c1. The van der Waals surface area contributed by atoms with Crippen molar-refractivity contribution in [3.63, 3.8) is 0 Å². The molecule has 0 saturated heterocycles. The molecule has 3 rings (SSSR count). The molecule has 0 aliphatic heterocycles. The number of hydrogen-bond acceptors (Lipinski definition) is 3. The van der Waals surface area contributed by atoms with Crippen molar-refractivity contribution >= 4 is 22.4 Å². The van der Waals surface area contributed by atoms with Crippen LogP contribution < -0.4 is 14.8 Å². The van der Waals surface area contributed by atoms with Crippen molar-refractivity contribution in [3.05, 3.63) is 66.5 Å². The van der Waals surface area contributed by atoms with Gasteiger partial charge in [0.25, 0.3) is 5.91 Å². The minimum Gasteiger partial charge on any atom is -0.497 e. The highest BCUT2D eigenvalue weighted by Gasteiger charge is 2.16. The molecular weight excluding hydrogens is 321 g/mol. The van der Waals surface area contributed by atoms with Gasteiger partial charge in [0.05, 0.1) is 12.8 Å². The minimum atomic E-state index is -0.775. The van der Waals surface area contributed by atoms with Crippen LogP contribution in [0.15, 0.2) is 60.7 Å². The molecule has 0 heterocycles. The molecule has 0 saturated carbocycles. The number of amides is 1. The van der Waals surface area contributed by atoms with Gasteiger partial charge in [-0.05, 0) is 54.1 Å². The lowest BCUT2D eigenvalue weighted by atomic mass is 10.1. The van der Waals surface area contributed by atoms with Gasteiger partial charge in [-0.15, -0.1) is 0 Å². The van der Waals surface area contributed by atoms with E-state index in [2.05, 4.69) is 5.32 Å². The van der Waals surface area contributed by atoms with E-state index in [1.54, 1.807) is 32.2 Å². The van der Waals surface area contributed by atoms with Crippen molar-refractivity contribution in [3.8, 4) is 11.5 Å². The van der Waals surface area contributed by atoms with Crippen molar-refractivity contribution in [1.29, 1.82) is 0 Å². The molecule has 0 radical (unpaired) electrons. The highest BCUT2D eigenvalue weighted by Crippen LogP contribution is 2.25. The third kappa shape index (κ3) is 3.88. The number of carbonyl (C=O) groups is 1. The predicted molar refractivity (Wildman–Crippen MR) is 95.6 cm³/mol. The van der Waals surface area contributed by atoms with E-state index in [1.165, 1.54) is 12.1 Å². The largest absolute Gasteiger partial charge is 0.497 e. The van der Waals surface area contributed by atoms with Gasteiger partial charge in [-0.2, -0.15) is 0 Å². The maximum absolute atomic E-state index is 13.6. The minimum absolute atomic E-state index is 0.131. The molecule has 0 fully saturated rings. The van der Waals surface area contributed by atoms with Crippen LogP contribution in [0, 0.1) is 5.82 Å². The van der Waals surface area contributed by atoms with Crippen molar-refractivity contribution in [2.75, 3.05) is 12.4 Å². The summed E-state index contributed by atoms with van der Waals surface area (Å²) in [5, 5.41) is 4.51. The second kappa shape index (κ2) is 7.21. The lowest BCUT2D eigenvalue weighted by Crippen LogP contribution is -2.30. The number of halogens is 1. The van der Waals surface area contributed by atoms with E-state index in [1.807, 2.05) is 30.3 Å². The van der Waals surface area contributed by atoms with Crippen LogP contribution in [0.4, 0.5) is 10.1 Å². The maximum atomic E-state index is 13.6. The number of fused-ring (bicyclic) bond motifs is 1. The van der Waals surface area contributed by atoms with Crippen molar-refractivity contribution in [2.24, 2.45) is 0 Å². The normalized spacial score (nSPS) is 11.8. The van der Waals surface area contributed by atoms with Gasteiger partial charge in [-0.3, -0.25) is 4.79 Å². The predicted octanol–water partition coefficient (Wildman–Crippen LogP) is 4.39. The quantitative estimate of drug-likeness (QED) is 0.750. The van der Waals surface area contributed by atoms with Crippen LogP contribution in [0.25, 0.3) is 10.8 Å². The molecule has 4 nitrogen and oxygen atoms in total. The molecule has 1 N–H and O–H groups in total. The van der Waals surface area contributed by atoms with Crippen LogP contribution in [0.2, 0.25) is 0 Å². The van der Waals surface area contributed by atoms with Gasteiger partial charge >= 0.3 is 0 Å². The summed E-state index contributed by atoms with van der Waals surface area (Å²) in [6.45, 7) is 1.62. The Morgan fingerprint density at radius 2 is 1.68 bits per heavy atom. The Morgan fingerprint density at radius 3 is 2.40 bits per heavy atom. The Morgan fingerprint density at radius 1 is 1.00 bits per heavy atom. The van der Waals surface area contributed by atoms with Crippen LogP contribution in [0.1, 0.15) is 6.92 Å². The number of carbonyl (C=O) groups excluding carboxylic acids is 1. The lowest BCUT2D eigenvalue weighted by molar-refractivity contribution is -0.122. The summed E-state index contributed by atoms with van der Waals surface area (Å²) in [4.78, 5) is 12.2. The van der Waals surface area contributed by atoms with Crippen LogP contribution in [-0.4, -0.2) is 19.1 Å². The Balaban J connectivity index is 1.73. The molecule has 5 heteroatoms. The Labute approximate surface area is 145 Å². The summed E-state index contributed by atoms with van der Waals surface area (Å²) in [6, 6.07) is 17.3. The molecule has 0 aliphatic rings. The van der Waals surface area contributed by atoms with Gasteiger partial charge in [0.15, 0.2) is 6.10 Å². The summed E-state index contributed by atoms with van der Waals surface area (Å²) in [7, 11) is 1.61. The molecule has 0 bridgehead atoms. The van der Waals surface area contributed by atoms with Gasteiger partial charge in [0.2, 0.25) is 0 Å².